The van der Waals surface area contributed by atoms with E-state index in [2.05, 4.69) is 5.16 Å². The quantitative estimate of drug-likeness (QED) is 0.803. The smallest absolute Gasteiger partial charge is 0.374 e. The lowest BCUT2D eigenvalue weighted by Crippen LogP contribution is -2.03. The predicted octanol–water partition coefficient (Wildman–Crippen LogP) is 2.07. The van der Waals surface area contributed by atoms with E-state index in [0.29, 0.717) is 24.7 Å². The molecule has 0 atom stereocenters. The number of aromatic nitrogens is 1. The fraction of sp³-hybridized carbons (Fsp3) is 0.231. The van der Waals surface area contributed by atoms with E-state index < -0.39 is 5.97 Å². The van der Waals surface area contributed by atoms with Crippen molar-refractivity contribution in [2.24, 2.45) is 0 Å². The predicted molar refractivity (Wildman–Crippen MR) is 66.3 cm³/mol. The average Bonchev–Trinajstić information content (AvgIpc) is 2.90. The van der Waals surface area contributed by atoms with Gasteiger partial charge in [0.2, 0.25) is 5.76 Å². The lowest BCUT2D eigenvalue weighted by molar-refractivity contribution is 0.0652. The van der Waals surface area contributed by atoms with Gasteiger partial charge in [-0.15, -0.1) is 0 Å². The van der Waals surface area contributed by atoms with Gasteiger partial charge in [-0.05, 0) is 24.3 Å². The Bertz CT molecular complexity index is 546. The van der Waals surface area contributed by atoms with Crippen LogP contribution in [0.2, 0.25) is 0 Å². The summed E-state index contributed by atoms with van der Waals surface area (Å²) in [5.41, 5.74) is 1.23. The first-order valence-corrected chi connectivity index (χ1v) is 5.63. The number of hydrogen-bond donors (Lipinski definition) is 1. The van der Waals surface area contributed by atoms with Crippen LogP contribution in [0.5, 0.6) is 5.75 Å². The third-order valence-electron chi connectivity index (χ3n) is 2.43. The Morgan fingerprint density at radius 2 is 2.05 bits per heavy atom. The Morgan fingerprint density at radius 3 is 2.63 bits per heavy atom. The summed E-state index contributed by atoms with van der Waals surface area (Å²) >= 11 is 0. The van der Waals surface area contributed by atoms with Crippen LogP contribution in [0.15, 0.2) is 34.9 Å². The summed E-state index contributed by atoms with van der Waals surface area (Å²) in [6, 6.07) is 8.50. The van der Waals surface area contributed by atoms with E-state index in [0.717, 1.165) is 5.56 Å². The molecule has 6 nitrogen and oxygen atoms in total. The van der Waals surface area contributed by atoms with Crippen LogP contribution in [0, 0.1) is 0 Å². The molecule has 0 spiro atoms. The van der Waals surface area contributed by atoms with Gasteiger partial charge in [0, 0.05) is 18.7 Å². The van der Waals surface area contributed by atoms with Crippen molar-refractivity contribution >= 4 is 5.97 Å². The van der Waals surface area contributed by atoms with Gasteiger partial charge in [0.1, 0.15) is 18.1 Å². The van der Waals surface area contributed by atoms with E-state index in [1.807, 2.05) is 0 Å². The Labute approximate surface area is 109 Å². The molecule has 6 heteroatoms. The van der Waals surface area contributed by atoms with Crippen molar-refractivity contribution in [3.05, 3.63) is 36.1 Å². The number of hydrogen-bond acceptors (Lipinski definition) is 5. The maximum Gasteiger partial charge on any atom is 0.374 e. The second-order valence-corrected chi connectivity index (χ2v) is 3.75. The molecule has 0 radical (unpaired) electrons. The molecule has 0 unspecified atom stereocenters. The minimum Gasteiger partial charge on any atom is -0.491 e. The van der Waals surface area contributed by atoms with Gasteiger partial charge in [0.25, 0.3) is 0 Å². The lowest BCUT2D eigenvalue weighted by atomic mass is 10.1. The van der Waals surface area contributed by atoms with E-state index >= 15 is 0 Å². The Kier molecular flexibility index (Phi) is 4.15. The van der Waals surface area contributed by atoms with Gasteiger partial charge in [0.05, 0.1) is 6.61 Å². The van der Waals surface area contributed by atoms with Gasteiger partial charge >= 0.3 is 5.97 Å². The number of rotatable bonds is 6. The molecule has 0 amide bonds. The molecular weight excluding hydrogens is 250 g/mol. The number of ether oxygens (including phenoxy) is 2. The van der Waals surface area contributed by atoms with Crippen LogP contribution in [0.25, 0.3) is 11.3 Å². The second kappa shape index (κ2) is 6.01. The van der Waals surface area contributed by atoms with Gasteiger partial charge < -0.3 is 19.1 Å². The van der Waals surface area contributed by atoms with Gasteiger partial charge in [-0.25, -0.2) is 4.79 Å². The van der Waals surface area contributed by atoms with E-state index in [-0.39, 0.29) is 5.76 Å². The second-order valence-electron chi connectivity index (χ2n) is 3.75. The number of carboxylic acids is 1. The van der Waals surface area contributed by atoms with Gasteiger partial charge in [-0.1, -0.05) is 5.16 Å². The van der Waals surface area contributed by atoms with Crippen LogP contribution in [0.3, 0.4) is 0 Å². The molecule has 2 rings (SSSR count). The van der Waals surface area contributed by atoms with Crippen molar-refractivity contribution in [2.75, 3.05) is 20.3 Å². The molecule has 19 heavy (non-hydrogen) atoms. The van der Waals surface area contributed by atoms with Crippen molar-refractivity contribution in [3.63, 3.8) is 0 Å². The Balaban J connectivity index is 2.06. The molecule has 0 fully saturated rings. The number of benzene rings is 1. The molecular formula is C13H13NO5. The highest BCUT2D eigenvalue weighted by Crippen LogP contribution is 2.22. The Hall–Kier alpha value is -2.34. The molecule has 1 N–H and O–H groups in total. The van der Waals surface area contributed by atoms with Crippen LogP contribution in [-0.4, -0.2) is 36.6 Å². The summed E-state index contributed by atoms with van der Waals surface area (Å²) in [5, 5.41) is 12.4. The maximum absolute atomic E-state index is 10.7. The molecule has 0 aliphatic rings. The van der Waals surface area contributed by atoms with E-state index in [9.17, 15) is 4.79 Å². The average molecular weight is 263 g/mol. The van der Waals surface area contributed by atoms with Crippen LogP contribution >= 0.6 is 0 Å². The van der Waals surface area contributed by atoms with Crippen molar-refractivity contribution in [1.29, 1.82) is 0 Å². The number of nitrogens with zero attached hydrogens (tertiary/aromatic N) is 1. The van der Waals surface area contributed by atoms with E-state index in [4.69, 9.17) is 19.1 Å². The largest absolute Gasteiger partial charge is 0.491 e. The molecule has 0 saturated heterocycles. The van der Waals surface area contributed by atoms with Crippen LogP contribution in [-0.2, 0) is 4.74 Å². The summed E-state index contributed by atoms with van der Waals surface area (Å²) < 4.78 is 15.0. The summed E-state index contributed by atoms with van der Waals surface area (Å²) in [5.74, 6) is -0.614. The first-order chi connectivity index (χ1) is 9.20. The summed E-state index contributed by atoms with van der Waals surface area (Å²) in [4.78, 5) is 10.7. The fourth-order valence-corrected chi connectivity index (χ4v) is 1.48. The maximum atomic E-state index is 10.7. The van der Waals surface area contributed by atoms with E-state index in [1.54, 1.807) is 31.4 Å². The molecule has 1 aromatic carbocycles. The zero-order chi connectivity index (χ0) is 13.7. The zero-order valence-corrected chi connectivity index (χ0v) is 10.3. The summed E-state index contributed by atoms with van der Waals surface area (Å²) in [6.07, 6.45) is 0. The highest BCUT2D eigenvalue weighted by atomic mass is 16.5. The van der Waals surface area contributed by atoms with Crippen LogP contribution in [0.1, 0.15) is 10.6 Å². The SMILES string of the molecule is COCCOc1ccc(-c2cc(C(=O)O)on2)cc1. The normalized spacial score (nSPS) is 10.4. The van der Waals surface area contributed by atoms with E-state index in [1.165, 1.54) is 6.07 Å². The highest BCUT2D eigenvalue weighted by Gasteiger charge is 2.12. The number of carbonyl (C=O) groups is 1. The first kappa shape index (κ1) is 13.1. The van der Waals surface area contributed by atoms with Gasteiger partial charge in [0.15, 0.2) is 0 Å². The molecule has 0 saturated carbocycles. The zero-order valence-electron chi connectivity index (χ0n) is 10.3. The lowest BCUT2D eigenvalue weighted by Gasteiger charge is -2.05. The number of aromatic carboxylic acids is 1. The number of carboxylic acid groups (broad SMARTS) is 1. The minimum absolute atomic E-state index is 0.185. The first-order valence-electron chi connectivity index (χ1n) is 5.63. The monoisotopic (exact) mass is 263 g/mol. The van der Waals surface area contributed by atoms with Crippen molar-refractivity contribution < 1.29 is 23.9 Å². The molecule has 1 heterocycles. The minimum atomic E-state index is -1.14. The summed E-state index contributed by atoms with van der Waals surface area (Å²) in [7, 11) is 1.61. The van der Waals surface area contributed by atoms with Crippen molar-refractivity contribution in [1.82, 2.24) is 5.16 Å². The summed E-state index contributed by atoms with van der Waals surface area (Å²) in [6.45, 7) is 0.996. The number of methoxy groups -OCH3 is 1. The molecule has 1 aromatic heterocycles. The van der Waals surface area contributed by atoms with Crippen molar-refractivity contribution in [3.8, 4) is 17.0 Å². The van der Waals surface area contributed by atoms with Gasteiger partial charge in [-0.3, -0.25) is 0 Å². The molecule has 0 aliphatic heterocycles. The molecule has 100 valence electrons. The van der Waals surface area contributed by atoms with Gasteiger partial charge in [-0.2, -0.15) is 0 Å². The van der Waals surface area contributed by atoms with Crippen LogP contribution < -0.4 is 4.74 Å². The topological polar surface area (TPSA) is 81.8 Å². The van der Waals surface area contributed by atoms with Crippen molar-refractivity contribution in [2.45, 2.75) is 0 Å². The van der Waals surface area contributed by atoms with Crippen LogP contribution in [0.4, 0.5) is 0 Å². The molecule has 0 bridgehead atoms. The third kappa shape index (κ3) is 3.32. The third-order valence-corrected chi connectivity index (χ3v) is 2.43. The molecule has 0 aliphatic carbocycles. The standard InChI is InChI=1S/C13H13NO5/c1-17-6-7-18-10-4-2-9(3-5-10)11-8-12(13(15)16)19-14-11/h2-5,8H,6-7H2,1H3,(H,15,16). The molecule has 2 aromatic rings. The highest BCUT2D eigenvalue weighted by molar-refractivity contribution is 5.85. The fourth-order valence-electron chi connectivity index (χ4n) is 1.48. The Morgan fingerprint density at radius 1 is 1.32 bits per heavy atom.